The molecular formula is C27H44O. The molecule has 8 atom stereocenters. The Morgan fingerprint density at radius 1 is 1.14 bits per heavy atom. The summed E-state index contributed by atoms with van der Waals surface area (Å²) in [4.78, 5) is 0. The third-order valence-corrected chi connectivity index (χ3v) is 10.0. The van der Waals surface area contributed by atoms with Gasteiger partial charge in [0.1, 0.15) is 0 Å². The molecule has 158 valence electrons. The number of allylic oxidation sites excluding steroid dienone is 3. The van der Waals surface area contributed by atoms with Gasteiger partial charge in [-0.1, -0.05) is 44.1 Å². The Morgan fingerprint density at radius 3 is 2.68 bits per heavy atom. The molecule has 0 aromatic heterocycles. The molecule has 1 N–H and O–H groups in total. The molecule has 0 heterocycles. The van der Waals surface area contributed by atoms with E-state index >= 15 is 0 Å². The first kappa shape index (κ1) is 20.7. The van der Waals surface area contributed by atoms with Gasteiger partial charge in [-0.3, -0.25) is 0 Å². The minimum atomic E-state index is -0.0813. The predicted octanol–water partition coefficient (Wildman–Crippen LogP) is 7.31. The van der Waals surface area contributed by atoms with Crippen molar-refractivity contribution in [3.8, 4) is 0 Å². The summed E-state index contributed by atoms with van der Waals surface area (Å²) in [6.45, 7) is 12.2. The van der Waals surface area contributed by atoms with Gasteiger partial charge in [0.15, 0.2) is 0 Å². The van der Waals surface area contributed by atoms with Crippen molar-refractivity contribution < 1.29 is 5.11 Å². The van der Waals surface area contributed by atoms with Gasteiger partial charge < -0.3 is 5.11 Å². The number of fused-ring (bicyclic) bond motifs is 5. The number of hydrogen-bond donors (Lipinski definition) is 1. The quantitative estimate of drug-likeness (QED) is 0.504. The molecule has 0 aliphatic heterocycles. The van der Waals surface area contributed by atoms with E-state index in [2.05, 4.69) is 46.8 Å². The highest BCUT2D eigenvalue weighted by Gasteiger charge is 2.58. The van der Waals surface area contributed by atoms with Gasteiger partial charge in [0, 0.05) is 0 Å². The average molecular weight is 385 g/mol. The Bertz CT molecular complexity index is 641. The van der Waals surface area contributed by atoms with Gasteiger partial charge in [0.05, 0.1) is 6.10 Å². The van der Waals surface area contributed by atoms with Crippen molar-refractivity contribution in [1.29, 1.82) is 0 Å². The lowest BCUT2D eigenvalue weighted by Crippen LogP contribution is -2.50. The largest absolute Gasteiger partial charge is 0.393 e. The van der Waals surface area contributed by atoms with Crippen molar-refractivity contribution in [2.75, 3.05) is 0 Å². The van der Waals surface area contributed by atoms with Crippen LogP contribution in [0.2, 0.25) is 0 Å². The van der Waals surface area contributed by atoms with E-state index in [0.29, 0.717) is 10.8 Å². The first-order valence-electron chi connectivity index (χ1n) is 12.3. The molecule has 4 aliphatic carbocycles. The molecule has 1 unspecified atom stereocenters. The van der Waals surface area contributed by atoms with Crippen molar-refractivity contribution in [2.45, 2.75) is 105 Å². The Balaban J connectivity index is 1.51. The fraction of sp³-hybridized carbons (Fsp3) is 0.852. The van der Waals surface area contributed by atoms with E-state index < -0.39 is 0 Å². The molecule has 3 fully saturated rings. The van der Waals surface area contributed by atoms with Crippen molar-refractivity contribution >= 4 is 0 Å². The van der Waals surface area contributed by atoms with Crippen LogP contribution in [0.1, 0.15) is 98.8 Å². The molecule has 28 heavy (non-hydrogen) atoms. The summed E-state index contributed by atoms with van der Waals surface area (Å²) in [6, 6.07) is 0. The summed E-state index contributed by atoms with van der Waals surface area (Å²) in [5.41, 5.74) is 4.04. The molecular weight excluding hydrogens is 340 g/mol. The molecule has 0 radical (unpaired) electrons. The van der Waals surface area contributed by atoms with Gasteiger partial charge in [-0.25, -0.2) is 0 Å². The zero-order valence-corrected chi connectivity index (χ0v) is 19.1. The highest BCUT2D eigenvalue weighted by Crippen LogP contribution is 2.67. The molecule has 0 saturated heterocycles. The minimum absolute atomic E-state index is 0.0813. The smallest absolute Gasteiger partial charge is 0.0577 e. The molecule has 1 nitrogen and oxygen atoms in total. The van der Waals surface area contributed by atoms with E-state index in [1.807, 2.05) is 0 Å². The Hall–Kier alpha value is -0.560. The van der Waals surface area contributed by atoms with E-state index in [1.165, 1.54) is 56.9 Å². The van der Waals surface area contributed by atoms with Crippen LogP contribution in [0.4, 0.5) is 0 Å². The summed E-state index contributed by atoms with van der Waals surface area (Å²) >= 11 is 0. The Morgan fingerprint density at radius 2 is 1.93 bits per heavy atom. The van der Waals surface area contributed by atoms with Crippen LogP contribution in [0.3, 0.4) is 0 Å². The lowest BCUT2D eigenvalue weighted by Gasteiger charge is -2.58. The maximum absolute atomic E-state index is 10.2. The lowest BCUT2D eigenvalue weighted by molar-refractivity contribution is -0.0571. The topological polar surface area (TPSA) is 20.2 Å². The summed E-state index contributed by atoms with van der Waals surface area (Å²) in [7, 11) is 0. The molecule has 0 aromatic rings. The standard InChI is InChI=1S/C27H44O/c1-18(2)7-6-8-19(3)23-11-12-24-22-10-9-20-17-21(28)13-15-26(20,4)25(22)14-16-27(23,24)5/h7,9,19,21-25,28H,6,8,10-17H2,1-5H3/t19-,21?,22+,23-,24+,25+,26+,27-/m1/s1. The van der Waals surface area contributed by atoms with Crippen LogP contribution >= 0.6 is 0 Å². The monoisotopic (exact) mass is 384 g/mol. The molecule has 0 aromatic carbocycles. The zero-order valence-electron chi connectivity index (χ0n) is 19.1. The van der Waals surface area contributed by atoms with Crippen molar-refractivity contribution in [3.05, 3.63) is 23.3 Å². The normalized spacial score (nSPS) is 46.1. The highest BCUT2D eigenvalue weighted by molar-refractivity contribution is 5.25. The number of aliphatic hydroxyl groups excluding tert-OH is 1. The van der Waals surface area contributed by atoms with Crippen LogP contribution in [0.15, 0.2) is 23.3 Å². The zero-order chi connectivity index (χ0) is 20.1. The minimum Gasteiger partial charge on any atom is -0.393 e. The molecule has 1 heteroatoms. The van der Waals surface area contributed by atoms with Crippen LogP contribution in [-0.2, 0) is 0 Å². The fourth-order valence-electron chi connectivity index (χ4n) is 8.45. The molecule has 4 aliphatic rings. The van der Waals surface area contributed by atoms with E-state index in [0.717, 1.165) is 42.4 Å². The molecule has 0 amide bonds. The summed E-state index contributed by atoms with van der Waals surface area (Å²) in [5.74, 6) is 4.49. The molecule has 0 spiro atoms. The SMILES string of the molecule is CC(C)=CCC[C@@H](C)[C@H]1CC[C@H]2[C@@H]3CC=C4CC(O)CC[C@]4(C)[C@H]3CC[C@]12C. The van der Waals surface area contributed by atoms with Crippen molar-refractivity contribution in [2.24, 2.45) is 40.4 Å². The van der Waals surface area contributed by atoms with Gasteiger partial charge >= 0.3 is 0 Å². The second kappa shape index (κ2) is 7.60. The summed E-state index contributed by atoms with van der Waals surface area (Å²) in [5, 5.41) is 10.2. The van der Waals surface area contributed by atoms with Crippen molar-refractivity contribution in [3.63, 3.8) is 0 Å². The van der Waals surface area contributed by atoms with Crippen LogP contribution < -0.4 is 0 Å². The molecule has 0 bridgehead atoms. The van der Waals surface area contributed by atoms with Gasteiger partial charge in [0.2, 0.25) is 0 Å². The van der Waals surface area contributed by atoms with Crippen molar-refractivity contribution in [1.82, 2.24) is 0 Å². The Labute approximate surface area is 174 Å². The van der Waals surface area contributed by atoms with Gasteiger partial charge in [-0.05, 0) is 118 Å². The van der Waals surface area contributed by atoms with E-state index in [1.54, 1.807) is 5.57 Å². The molecule has 4 rings (SSSR count). The lowest BCUT2D eigenvalue weighted by atomic mass is 9.47. The van der Waals surface area contributed by atoms with E-state index in [-0.39, 0.29) is 6.10 Å². The fourth-order valence-corrected chi connectivity index (χ4v) is 8.45. The van der Waals surface area contributed by atoms with E-state index in [9.17, 15) is 5.11 Å². The first-order chi connectivity index (χ1) is 13.3. The second-order valence-electron chi connectivity index (χ2n) is 11.7. The van der Waals surface area contributed by atoms with Crippen LogP contribution in [0.5, 0.6) is 0 Å². The van der Waals surface area contributed by atoms with Crippen LogP contribution in [-0.4, -0.2) is 11.2 Å². The average Bonchev–Trinajstić information content (AvgIpc) is 2.99. The number of aliphatic hydroxyl groups is 1. The van der Waals surface area contributed by atoms with Gasteiger partial charge in [0.25, 0.3) is 0 Å². The van der Waals surface area contributed by atoms with Gasteiger partial charge in [-0.2, -0.15) is 0 Å². The maximum Gasteiger partial charge on any atom is 0.0577 e. The number of rotatable bonds is 4. The highest BCUT2D eigenvalue weighted by atomic mass is 16.3. The van der Waals surface area contributed by atoms with Crippen LogP contribution in [0.25, 0.3) is 0 Å². The summed E-state index contributed by atoms with van der Waals surface area (Å²) < 4.78 is 0. The third-order valence-electron chi connectivity index (χ3n) is 10.0. The number of hydrogen-bond acceptors (Lipinski definition) is 1. The predicted molar refractivity (Wildman–Crippen MR) is 119 cm³/mol. The maximum atomic E-state index is 10.2. The first-order valence-corrected chi connectivity index (χ1v) is 12.3. The Kier molecular flexibility index (Phi) is 5.62. The van der Waals surface area contributed by atoms with E-state index in [4.69, 9.17) is 0 Å². The second-order valence-corrected chi connectivity index (χ2v) is 11.7. The third kappa shape index (κ3) is 3.34. The van der Waals surface area contributed by atoms with Crippen LogP contribution in [0, 0.1) is 40.4 Å². The summed E-state index contributed by atoms with van der Waals surface area (Å²) in [6.07, 6.45) is 17.9. The molecule has 3 saturated carbocycles. The van der Waals surface area contributed by atoms with Gasteiger partial charge in [-0.15, -0.1) is 0 Å².